The van der Waals surface area contributed by atoms with Crippen molar-refractivity contribution in [1.29, 1.82) is 0 Å². The summed E-state index contributed by atoms with van der Waals surface area (Å²) in [6.45, 7) is 5.28. The molecule has 0 bridgehead atoms. The zero-order valence-corrected chi connectivity index (χ0v) is 17.3. The van der Waals surface area contributed by atoms with Crippen LogP contribution in [0.25, 0.3) is 0 Å². The zero-order valence-electron chi connectivity index (χ0n) is 17.3. The third-order valence-corrected chi connectivity index (χ3v) is 5.04. The maximum Gasteiger partial charge on any atom is 0.573 e. The first-order chi connectivity index (χ1) is 14.8. The van der Waals surface area contributed by atoms with Crippen LogP contribution < -0.4 is 15.0 Å². The van der Waals surface area contributed by atoms with Crippen LogP contribution in [0.1, 0.15) is 36.7 Å². The smallest absolute Gasteiger partial charge is 0.406 e. The lowest BCUT2D eigenvalue weighted by atomic mass is 9.99. The van der Waals surface area contributed by atoms with E-state index in [-0.39, 0.29) is 11.7 Å². The van der Waals surface area contributed by atoms with Crippen LogP contribution in [-0.2, 0) is 13.0 Å². The summed E-state index contributed by atoms with van der Waals surface area (Å²) < 4.78 is 41.6. The number of hydrogen-bond donors (Lipinski definition) is 1. The molecule has 8 heteroatoms. The van der Waals surface area contributed by atoms with Crippen molar-refractivity contribution in [3.05, 3.63) is 71.5 Å². The van der Waals surface area contributed by atoms with Crippen LogP contribution in [0.4, 0.5) is 30.5 Å². The molecule has 0 aliphatic carbocycles. The average Bonchev–Trinajstić information content (AvgIpc) is 2.72. The number of rotatable bonds is 5. The van der Waals surface area contributed by atoms with Crippen LogP contribution >= 0.6 is 0 Å². The molecule has 1 N–H and O–H groups in total. The van der Waals surface area contributed by atoms with Crippen molar-refractivity contribution < 1.29 is 17.9 Å². The summed E-state index contributed by atoms with van der Waals surface area (Å²) in [5.41, 5.74) is 2.75. The Morgan fingerprint density at radius 2 is 1.77 bits per heavy atom. The zero-order chi connectivity index (χ0) is 22.0. The van der Waals surface area contributed by atoms with E-state index < -0.39 is 6.36 Å². The van der Waals surface area contributed by atoms with Gasteiger partial charge in [0.1, 0.15) is 23.2 Å². The number of nitrogens with zero attached hydrogens (tertiary/aromatic N) is 3. The maximum atomic E-state index is 12.5. The Labute approximate surface area is 178 Å². The lowest BCUT2D eigenvalue weighted by Crippen LogP contribution is -2.31. The number of fused-ring (bicyclic) bond motifs is 1. The molecule has 1 aliphatic heterocycles. The van der Waals surface area contributed by atoms with Gasteiger partial charge in [0.25, 0.3) is 0 Å². The van der Waals surface area contributed by atoms with Crippen molar-refractivity contribution >= 4 is 17.3 Å². The minimum absolute atomic E-state index is 0.149. The number of para-hydroxylation sites is 1. The third kappa shape index (κ3) is 5.25. The van der Waals surface area contributed by atoms with Gasteiger partial charge in [-0.05, 0) is 41.8 Å². The van der Waals surface area contributed by atoms with E-state index in [1.54, 1.807) is 6.07 Å². The molecule has 162 valence electrons. The van der Waals surface area contributed by atoms with Gasteiger partial charge in [0.05, 0.1) is 0 Å². The predicted octanol–water partition coefficient (Wildman–Crippen LogP) is 5.80. The number of aromatic nitrogens is 2. The molecule has 3 aromatic rings. The summed E-state index contributed by atoms with van der Waals surface area (Å²) in [6.07, 6.45) is -4.09. The topological polar surface area (TPSA) is 50.3 Å². The van der Waals surface area contributed by atoms with Gasteiger partial charge in [-0.15, -0.1) is 13.2 Å². The van der Waals surface area contributed by atoms with Gasteiger partial charge in [0.2, 0.25) is 0 Å². The Bertz CT molecular complexity index is 1050. The summed E-state index contributed by atoms with van der Waals surface area (Å²) in [7, 11) is 0. The van der Waals surface area contributed by atoms with Crippen molar-refractivity contribution in [3.8, 4) is 5.75 Å². The molecule has 0 fully saturated rings. The molecule has 0 atom stereocenters. The molecule has 1 aromatic heterocycles. The first-order valence-electron chi connectivity index (χ1n) is 10.1. The number of benzene rings is 2. The summed E-state index contributed by atoms with van der Waals surface area (Å²) in [5.74, 6) is 2.20. The third-order valence-electron chi connectivity index (χ3n) is 5.04. The molecular weight excluding hydrogens is 405 g/mol. The molecule has 0 spiro atoms. The molecule has 0 saturated carbocycles. The van der Waals surface area contributed by atoms with Gasteiger partial charge < -0.3 is 15.0 Å². The lowest BCUT2D eigenvalue weighted by Gasteiger charge is -2.30. The number of hydrogen-bond acceptors (Lipinski definition) is 5. The molecule has 0 unspecified atom stereocenters. The van der Waals surface area contributed by atoms with Crippen molar-refractivity contribution in [3.63, 3.8) is 0 Å². The number of ether oxygens (including phenoxy) is 1. The van der Waals surface area contributed by atoms with Gasteiger partial charge in [-0.3, -0.25) is 0 Å². The Hall–Kier alpha value is -3.29. The minimum Gasteiger partial charge on any atom is -0.406 e. The highest BCUT2D eigenvalue weighted by Gasteiger charge is 2.31. The van der Waals surface area contributed by atoms with Crippen LogP contribution in [0, 0.1) is 0 Å². The van der Waals surface area contributed by atoms with E-state index in [0.29, 0.717) is 25.3 Å². The standard InChI is InChI=1S/C23H23F3N4O/c1-15(2)22-28-20(27-18-6-4-3-5-7-18)13-21(29-22)30-11-10-16-12-19(31-23(24,25)26)9-8-17(16)14-30/h3-9,12-13,15H,10-11,14H2,1-2H3,(H,27,28,29). The Morgan fingerprint density at radius 1 is 1.00 bits per heavy atom. The highest BCUT2D eigenvalue weighted by atomic mass is 19.4. The van der Waals surface area contributed by atoms with Gasteiger partial charge >= 0.3 is 6.36 Å². The summed E-state index contributed by atoms with van der Waals surface area (Å²) in [6, 6.07) is 16.2. The van der Waals surface area contributed by atoms with E-state index in [4.69, 9.17) is 4.98 Å². The second kappa shape index (κ2) is 8.45. The van der Waals surface area contributed by atoms with Crippen LogP contribution in [0.5, 0.6) is 5.75 Å². The first-order valence-corrected chi connectivity index (χ1v) is 10.1. The number of alkyl halides is 3. The highest BCUT2D eigenvalue weighted by molar-refractivity contribution is 5.60. The molecule has 2 aromatic carbocycles. The van der Waals surface area contributed by atoms with E-state index in [2.05, 4.69) is 19.9 Å². The SMILES string of the molecule is CC(C)c1nc(Nc2ccccc2)cc(N2CCc3cc(OC(F)(F)F)ccc3C2)n1. The quantitative estimate of drug-likeness (QED) is 0.556. The van der Waals surface area contributed by atoms with Gasteiger partial charge in [-0.1, -0.05) is 38.1 Å². The molecule has 0 radical (unpaired) electrons. The molecular formula is C23H23F3N4O. The van der Waals surface area contributed by atoms with Crippen molar-refractivity contribution in [2.24, 2.45) is 0 Å². The van der Waals surface area contributed by atoms with Gasteiger partial charge in [-0.2, -0.15) is 0 Å². The number of halogens is 3. The van der Waals surface area contributed by atoms with Crippen molar-refractivity contribution in [2.45, 2.75) is 39.1 Å². The fourth-order valence-electron chi connectivity index (χ4n) is 3.53. The summed E-state index contributed by atoms with van der Waals surface area (Å²) in [4.78, 5) is 11.5. The van der Waals surface area contributed by atoms with Gasteiger partial charge in [0, 0.05) is 30.8 Å². The van der Waals surface area contributed by atoms with E-state index in [1.807, 2.05) is 50.2 Å². The Balaban J connectivity index is 1.58. The Kier molecular flexibility index (Phi) is 5.71. The van der Waals surface area contributed by atoms with Crippen LogP contribution in [0.15, 0.2) is 54.6 Å². The summed E-state index contributed by atoms with van der Waals surface area (Å²) >= 11 is 0. The van der Waals surface area contributed by atoms with Crippen LogP contribution in [-0.4, -0.2) is 22.9 Å². The fraction of sp³-hybridized carbons (Fsp3) is 0.304. The highest BCUT2D eigenvalue weighted by Crippen LogP contribution is 2.31. The number of nitrogens with one attached hydrogen (secondary N) is 1. The van der Waals surface area contributed by atoms with E-state index in [1.165, 1.54) is 12.1 Å². The molecule has 1 aliphatic rings. The van der Waals surface area contributed by atoms with E-state index in [0.717, 1.165) is 28.5 Å². The van der Waals surface area contributed by atoms with E-state index >= 15 is 0 Å². The molecule has 0 amide bonds. The average molecular weight is 428 g/mol. The lowest BCUT2D eigenvalue weighted by molar-refractivity contribution is -0.274. The van der Waals surface area contributed by atoms with Crippen molar-refractivity contribution in [2.75, 3.05) is 16.8 Å². The van der Waals surface area contributed by atoms with Crippen LogP contribution in [0.2, 0.25) is 0 Å². The molecule has 0 saturated heterocycles. The Morgan fingerprint density at radius 3 is 2.48 bits per heavy atom. The monoisotopic (exact) mass is 428 g/mol. The second-order valence-electron chi connectivity index (χ2n) is 7.77. The molecule has 31 heavy (non-hydrogen) atoms. The first kappa shape index (κ1) is 21.0. The molecule has 2 heterocycles. The van der Waals surface area contributed by atoms with Gasteiger partial charge in [0.15, 0.2) is 0 Å². The predicted molar refractivity (Wildman–Crippen MR) is 114 cm³/mol. The van der Waals surface area contributed by atoms with Gasteiger partial charge in [-0.25, -0.2) is 9.97 Å². The van der Waals surface area contributed by atoms with Crippen LogP contribution in [0.3, 0.4) is 0 Å². The largest absolute Gasteiger partial charge is 0.573 e. The maximum absolute atomic E-state index is 12.5. The minimum atomic E-state index is -4.69. The number of anilines is 3. The fourth-order valence-corrected chi connectivity index (χ4v) is 3.53. The second-order valence-corrected chi connectivity index (χ2v) is 7.77. The van der Waals surface area contributed by atoms with E-state index in [9.17, 15) is 13.2 Å². The molecule has 5 nitrogen and oxygen atoms in total. The van der Waals surface area contributed by atoms with Crippen molar-refractivity contribution in [1.82, 2.24) is 9.97 Å². The summed E-state index contributed by atoms with van der Waals surface area (Å²) in [5, 5.41) is 3.33. The normalized spacial score (nSPS) is 13.8. The molecule has 4 rings (SSSR count).